The Bertz CT molecular complexity index is 1130. The summed E-state index contributed by atoms with van der Waals surface area (Å²) in [7, 11) is 1.67. The molecule has 0 fully saturated rings. The zero-order chi connectivity index (χ0) is 30.6. The lowest BCUT2D eigenvalue weighted by molar-refractivity contribution is -0.140. The Morgan fingerprint density at radius 1 is 1.10 bits per heavy atom. The number of nitrogens with one attached hydrogen (secondary N) is 1. The molecule has 0 radical (unpaired) electrons. The molecule has 0 aliphatic carbocycles. The topological polar surface area (TPSA) is 105 Å². The van der Waals surface area contributed by atoms with Gasteiger partial charge in [-0.2, -0.15) is 0 Å². The van der Waals surface area contributed by atoms with Crippen molar-refractivity contribution in [3.05, 3.63) is 41.5 Å². The molecule has 0 saturated carbocycles. The molecular weight excluding hydrogens is 510 g/mol. The third kappa shape index (κ3) is 8.08. The average molecular weight is 558 g/mol. The van der Waals surface area contributed by atoms with Crippen LogP contribution in [-0.4, -0.2) is 66.2 Å². The number of para-hydroxylation sites is 1. The number of hydrogen-bond donors (Lipinski definition) is 1. The number of fused-ring (bicyclic) bond motifs is 1. The number of carbonyl (C=O) groups is 4. The number of rotatable bonds is 8. The van der Waals surface area contributed by atoms with Crippen LogP contribution >= 0.6 is 0 Å². The average Bonchev–Trinajstić information content (AvgIpc) is 3.23. The van der Waals surface area contributed by atoms with Gasteiger partial charge in [-0.15, -0.1) is 0 Å². The maximum atomic E-state index is 13.9. The van der Waals surface area contributed by atoms with E-state index in [1.165, 1.54) is 4.90 Å². The molecule has 1 unspecified atom stereocenters. The van der Waals surface area contributed by atoms with Gasteiger partial charge < -0.3 is 19.7 Å². The molecule has 222 valence electrons. The van der Waals surface area contributed by atoms with Crippen LogP contribution in [0.3, 0.4) is 0 Å². The van der Waals surface area contributed by atoms with Crippen LogP contribution in [0.1, 0.15) is 74.8 Å². The van der Waals surface area contributed by atoms with Gasteiger partial charge in [0, 0.05) is 19.0 Å². The fourth-order valence-electron chi connectivity index (χ4n) is 4.69. The molecule has 0 spiro atoms. The fraction of sp³-hybridized carbons (Fsp3) is 0.613. The minimum Gasteiger partial charge on any atom is -0.463 e. The van der Waals surface area contributed by atoms with E-state index in [-0.39, 0.29) is 18.4 Å². The maximum absolute atomic E-state index is 13.9. The molecule has 40 heavy (non-hydrogen) atoms. The zero-order valence-corrected chi connectivity index (χ0v) is 26.0. The number of esters is 1. The van der Waals surface area contributed by atoms with Crippen LogP contribution in [0.25, 0.3) is 0 Å². The molecule has 1 aromatic rings. The van der Waals surface area contributed by atoms with Gasteiger partial charge in [-0.05, 0) is 57.6 Å². The highest BCUT2D eigenvalue weighted by molar-refractivity contribution is 6.02. The van der Waals surface area contributed by atoms with Crippen molar-refractivity contribution in [3.63, 3.8) is 0 Å². The summed E-state index contributed by atoms with van der Waals surface area (Å²) in [6.45, 7) is 18.5. The number of nitrogens with zero attached hydrogens (tertiary/aromatic N) is 2. The third-order valence-electron chi connectivity index (χ3n) is 6.76. The molecule has 1 aliphatic rings. The predicted octanol–water partition coefficient (Wildman–Crippen LogP) is 4.88. The lowest BCUT2D eigenvalue weighted by Gasteiger charge is -2.38. The molecule has 1 heterocycles. The lowest BCUT2D eigenvalue weighted by Crippen LogP contribution is -2.60. The summed E-state index contributed by atoms with van der Waals surface area (Å²) in [5.41, 5.74) is 0.484. The molecule has 9 nitrogen and oxygen atoms in total. The molecule has 0 aromatic heterocycles. The Hall–Kier alpha value is -3.36. The number of hydrogen-bond acceptors (Lipinski definition) is 6. The van der Waals surface area contributed by atoms with E-state index in [9.17, 15) is 19.2 Å². The Kier molecular flexibility index (Phi) is 10.6. The van der Waals surface area contributed by atoms with Crippen LogP contribution in [0, 0.1) is 11.3 Å². The van der Waals surface area contributed by atoms with Gasteiger partial charge in [0.1, 0.15) is 17.7 Å². The third-order valence-corrected chi connectivity index (χ3v) is 6.76. The summed E-state index contributed by atoms with van der Waals surface area (Å²) in [4.78, 5) is 56.2. The van der Waals surface area contributed by atoms with E-state index in [2.05, 4.69) is 5.32 Å². The monoisotopic (exact) mass is 557 g/mol. The van der Waals surface area contributed by atoms with Crippen LogP contribution in [0.2, 0.25) is 0 Å². The second-order valence-corrected chi connectivity index (χ2v) is 12.8. The molecule has 0 saturated heterocycles. The van der Waals surface area contributed by atoms with E-state index < -0.39 is 47.1 Å². The number of amides is 3. The smallest absolute Gasteiger partial charge is 0.415 e. The van der Waals surface area contributed by atoms with Gasteiger partial charge in [0.15, 0.2) is 0 Å². The molecule has 0 bridgehead atoms. The van der Waals surface area contributed by atoms with Gasteiger partial charge in [0.05, 0.1) is 18.3 Å². The fourth-order valence-corrected chi connectivity index (χ4v) is 4.69. The second kappa shape index (κ2) is 12.9. The molecular formula is C31H47N3O6. The summed E-state index contributed by atoms with van der Waals surface area (Å²) in [5.74, 6) is -1.19. The zero-order valence-electron chi connectivity index (χ0n) is 26.0. The van der Waals surface area contributed by atoms with Gasteiger partial charge in [0.2, 0.25) is 11.8 Å². The number of likely N-dealkylation sites (N-methyl/N-ethyl adjacent to an activating group) is 1. The quantitative estimate of drug-likeness (QED) is 0.361. The van der Waals surface area contributed by atoms with Gasteiger partial charge >= 0.3 is 12.1 Å². The van der Waals surface area contributed by atoms with Crippen LogP contribution in [0.15, 0.2) is 35.9 Å². The van der Waals surface area contributed by atoms with E-state index in [0.29, 0.717) is 17.7 Å². The Labute approximate surface area is 239 Å². The van der Waals surface area contributed by atoms with Crippen molar-refractivity contribution in [1.82, 2.24) is 10.2 Å². The minimum absolute atomic E-state index is 0.0124. The van der Waals surface area contributed by atoms with E-state index in [4.69, 9.17) is 9.47 Å². The standard InChI is InChI=1S/C31H47N3O6/c1-12-39-28(37)20(4)17-23(19(2)3)33(11)27(36)25(30(5,6)7)32-26(35)24-18-21-15-13-14-16-22(21)34(24)29(38)40-31(8,9)10/h13-17,19,23-25H,12,18H2,1-11H3,(H,32,35)/b20-17+/t23-,24?,25-/m1/s1. The highest BCUT2D eigenvalue weighted by Gasteiger charge is 2.44. The second-order valence-electron chi connectivity index (χ2n) is 12.8. The maximum Gasteiger partial charge on any atom is 0.415 e. The number of anilines is 1. The van der Waals surface area contributed by atoms with Crippen molar-refractivity contribution < 1.29 is 28.7 Å². The van der Waals surface area contributed by atoms with Crippen LogP contribution in [0.4, 0.5) is 10.5 Å². The molecule has 3 amide bonds. The summed E-state index contributed by atoms with van der Waals surface area (Å²) < 4.78 is 10.7. The van der Waals surface area contributed by atoms with E-state index in [1.54, 1.807) is 58.7 Å². The number of ether oxygens (including phenoxy) is 2. The van der Waals surface area contributed by atoms with Crippen molar-refractivity contribution in [2.45, 2.75) is 99.4 Å². The lowest BCUT2D eigenvalue weighted by atomic mass is 9.84. The van der Waals surface area contributed by atoms with Crippen molar-refractivity contribution in [2.24, 2.45) is 11.3 Å². The first kappa shape index (κ1) is 32.8. The highest BCUT2D eigenvalue weighted by atomic mass is 16.6. The minimum atomic E-state index is -0.897. The van der Waals surface area contributed by atoms with E-state index in [1.807, 2.05) is 52.8 Å². The first-order valence-corrected chi connectivity index (χ1v) is 13.9. The Morgan fingerprint density at radius 2 is 1.70 bits per heavy atom. The molecule has 1 aromatic carbocycles. The van der Waals surface area contributed by atoms with Crippen molar-refractivity contribution in [1.29, 1.82) is 0 Å². The summed E-state index contributed by atoms with van der Waals surface area (Å²) in [6, 6.07) is 5.16. The van der Waals surface area contributed by atoms with Crippen LogP contribution in [-0.2, 0) is 30.3 Å². The normalized spacial score (nSPS) is 17.1. The molecule has 1 aliphatic heterocycles. The Balaban J connectivity index is 2.38. The number of benzene rings is 1. The van der Waals surface area contributed by atoms with Crippen LogP contribution < -0.4 is 10.2 Å². The summed E-state index contributed by atoms with van der Waals surface area (Å²) in [5, 5.41) is 2.96. The van der Waals surface area contributed by atoms with E-state index in [0.717, 1.165) is 5.56 Å². The highest BCUT2D eigenvalue weighted by Crippen LogP contribution is 2.34. The molecule has 3 atom stereocenters. The van der Waals surface area contributed by atoms with Gasteiger partial charge in [-0.25, -0.2) is 9.59 Å². The molecule has 1 N–H and O–H groups in total. The van der Waals surface area contributed by atoms with Gasteiger partial charge in [-0.1, -0.05) is 58.9 Å². The van der Waals surface area contributed by atoms with Gasteiger partial charge in [0.25, 0.3) is 0 Å². The summed E-state index contributed by atoms with van der Waals surface area (Å²) >= 11 is 0. The predicted molar refractivity (Wildman–Crippen MR) is 156 cm³/mol. The Morgan fingerprint density at radius 3 is 2.23 bits per heavy atom. The van der Waals surface area contributed by atoms with Crippen molar-refractivity contribution in [3.8, 4) is 0 Å². The van der Waals surface area contributed by atoms with Gasteiger partial charge in [-0.3, -0.25) is 14.5 Å². The summed E-state index contributed by atoms with van der Waals surface area (Å²) in [6.07, 6.45) is 1.42. The largest absolute Gasteiger partial charge is 0.463 e. The molecule has 2 rings (SSSR count). The van der Waals surface area contributed by atoms with Crippen molar-refractivity contribution in [2.75, 3.05) is 18.6 Å². The van der Waals surface area contributed by atoms with Crippen LogP contribution in [0.5, 0.6) is 0 Å². The first-order chi connectivity index (χ1) is 18.4. The molecule has 9 heteroatoms. The van der Waals surface area contributed by atoms with E-state index >= 15 is 0 Å². The van der Waals surface area contributed by atoms with Crippen molar-refractivity contribution >= 4 is 29.6 Å². The SMILES string of the molecule is CCOC(=O)/C(C)=C/[C@H](C(C)C)N(C)C(=O)[C@@H](NC(=O)C1Cc2ccccc2N1C(=O)OC(C)(C)C)C(C)(C)C. The number of carbonyl (C=O) groups excluding carboxylic acids is 4. The first-order valence-electron chi connectivity index (χ1n) is 13.9.